The average Bonchev–Trinajstić information content (AvgIpc) is 2.76. The normalized spacial score (nSPS) is 21.6. The third kappa shape index (κ3) is 3.22. The largest absolute Gasteiger partial charge is 0.338 e. The Morgan fingerprint density at radius 2 is 2.38 bits per heavy atom. The molecule has 0 bridgehead atoms. The molecular formula is C11H19N3OS. The SMILES string of the molecule is CC(C)SCc1noc(C2CCCCN2)n1. The molecule has 90 valence electrons. The van der Waals surface area contributed by atoms with Gasteiger partial charge in [0.2, 0.25) is 5.89 Å². The molecule has 4 nitrogen and oxygen atoms in total. The lowest BCUT2D eigenvalue weighted by Crippen LogP contribution is -2.26. The molecule has 0 aliphatic carbocycles. The minimum Gasteiger partial charge on any atom is -0.338 e. The summed E-state index contributed by atoms with van der Waals surface area (Å²) in [5.74, 6) is 2.42. The van der Waals surface area contributed by atoms with E-state index in [0.717, 1.165) is 30.4 Å². The Hall–Kier alpha value is -0.550. The summed E-state index contributed by atoms with van der Waals surface area (Å²) in [5.41, 5.74) is 0. The Morgan fingerprint density at radius 1 is 1.50 bits per heavy atom. The summed E-state index contributed by atoms with van der Waals surface area (Å²) in [5, 5.41) is 8.03. The topological polar surface area (TPSA) is 51.0 Å². The van der Waals surface area contributed by atoms with Crippen LogP contribution in [0.2, 0.25) is 0 Å². The smallest absolute Gasteiger partial charge is 0.243 e. The van der Waals surface area contributed by atoms with Gasteiger partial charge in [-0.25, -0.2) is 0 Å². The fourth-order valence-corrected chi connectivity index (χ4v) is 2.37. The van der Waals surface area contributed by atoms with Gasteiger partial charge in [0, 0.05) is 0 Å². The van der Waals surface area contributed by atoms with E-state index in [1.54, 1.807) is 0 Å². The van der Waals surface area contributed by atoms with Crippen LogP contribution in [0.1, 0.15) is 50.9 Å². The molecule has 5 heteroatoms. The van der Waals surface area contributed by atoms with Gasteiger partial charge in [0.25, 0.3) is 0 Å². The highest BCUT2D eigenvalue weighted by molar-refractivity contribution is 7.99. The molecule has 1 N–H and O–H groups in total. The van der Waals surface area contributed by atoms with Gasteiger partial charge in [-0.3, -0.25) is 0 Å². The Balaban J connectivity index is 1.90. The predicted molar refractivity (Wildman–Crippen MR) is 65.3 cm³/mol. The fraction of sp³-hybridized carbons (Fsp3) is 0.818. The van der Waals surface area contributed by atoms with Gasteiger partial charge in [0.05, 0.1) is 11.8 Å². The minimum atomic E-state index is 0.277. The van der Waals surface area contributed by atoms with Crippen LogP contribution in [0.5, 0.6) is 0 Å². The van der Waals surface area contributed by atoms with Crippen LogP contribution < -0.4 is 5.32 Å². The van der Waals surface area contributed by atoms with Crippen molar-refractivity contribution in [3.05, 3.63) is 11.7 Å². The molecule has 1 saturated heterocycles. The summed E-state index contributed by atoms with van der Waals surface area (Å²) in [7, 11) is 0. The second kappa shape index (κ2) is 5.68. The van der Waals surface area contributed by atoms with E-state index in [1.807, 2.05) is 11.8 Å². The van der Waals surface area contributed by atoms with E-state index in [2.05, 4.69) is 29.3 Å². The molecule has 1 fully saturated rings. The number of nitrogens with zero attached hydrogens (tertiary/aromatic N) is 2. The van der Waals surface area contributed by atoms with Gasteiger partial charge in [-0.15, -0.1) is 0 Å². The quantitative estimate of drug-likeness (QED) is 0.878. The molecule has 2 rings (SSSR count). The summed E-state index contributed by atoms with van der Waals surface area (Å²) >= 11 is 1.84. The molecule has 0 aromatic carbocycles. The Bertz CT molecular complexity index is 321. The first kappa shape index (κ1) is 11.9. The van der Waals surface area contributed by atoms with Crippen molar-refractivity contribution in [2.24, 2.45) is 0 Å². The van der Waals surface area contributed by atoms with Crippen molar-refractivity contribution in [2.45, 2.75) is 50.2 Å². The number of hydrogen-bond donors (Lipinski definition) is 1. The van der Waals surface area contributed by atoms with Crippen LogP contribution in [-0.4, -0.2) is 21.9 Å². The Labute approximate surface area is 101 Å². The number of nitrogens with one attached hydrogen (secondary N) is 1. The number of piperidine rings is 1. The van der Waals surface area contributed by atoms with Gasteiger partial charge in [0.1, 0.15) is 0 Å². The van der Waals surface area contributed by atoms with Gasteiger partial charge < -0.3 is 9.84 Å². The third-order valence-electron chi connectivity index (χ3n) is 2.64. The van der Waals surface area contributed by atoms with Crippen molar-refractivity contribution in [1.29, 1.82) is 0 Å². The molecule has 0 amide bonds. The van der Waals surface area contributed by atoms with Crippen LogP contribution in [0.15, 0.2) is 4.52 Å². The highest BCUT2D eigenvalue weighted by Crippen LogP contribution is 2.22. The zero-order valence-corrected chi connectivity index (χ0v) is 10.7. The Kier molecular flexibility index (Phi) is 4.23. The van der Waals surface area contributed by atoms with E-state index >= 15 is 0 Å². The van der Waals surface area contributed by atoms with E-state index in [1.165, 1.54) is 12.8 Å². The molecule has 1 aromatic rings. The number of hydrogen-bond acceptors (Lipinski definition) is 5. The second-order valence-corrected chi connectivity index (χ2v) is 5.98. The molecule has 0 spiro atoms. The second-order valence-electron chi connectivity index (χ2n) is 4.41. The van der Waals surface area contributed by atoms with Crippen LogP contribution in [0.25, 0.3) is 0 Å². The molecule has 1 aliphatic rings. The monoisotopic (exact) mass is 241 g/mol. The molecule has 1 aliphatic heterocycles. The lowest BCUT2D eigenvalue weighted by molar-refractivity contribution is 0.296. The van der Waals surface area contributed by atoms with Gasteiger partial charge in [0.15, 0.2) is 5.82 Å². The molecule has 2 heterocycles. The van der Waals surface area contributed by atoms with Crippen molar-refractivity contribution in [3.63, 3.8) is 0 Å². The lowest BCUT2D eigenvalue weighted by Gasteiger charge is -2.19. The van der Waals surface area contributed by atoms with Gasteiger partial charge in [-0.1, -0.05) is 25.4 Å². The van der Waals surface area contributed by atoms with E-state index in [-0.39, 0.29) is 6.04 Å². The van der Waals surface area contributed by atoms with E-state index in [0.29, 0.717) is 5.25 Å². The van der Waals surface area contributed by atoms with Gasteiger partial charge in [-0.2, -0.15) is 16.7 Å². The number of rotatable bonds is 4. The third-order valence-corrected chi connectivity index (χ3v) is 3.73. The summed E-state index contributed by atoms with van der Waals surface area (Å²) in [6.45, 7) is 5.41. The van der Waals surface area contributed by atoms with Crippen LogP contribution in [-0.2, 0) is 5.75 Å². The lowest BCUT2D eigenvalue weighted by atomic mass is 10.1. The summed E-state index contributed by atoms with van der Waals surface area (Å²) < 4.78 is 5.30. The van der Waals surface area contributed by atoms with Crippen LogP contribution in [0.4, 0.5) is 0 Å². The molecule has 1 aromatic heterocycles. The molecule has 16 heavy (non-hydrogen) atoms. The van der Waals surface area contributed by atoms with Crippen molar-refractivity contribution in [2.75, 3.05) is 6.54 Å². The maximum Gasteiger partial charge on any atom is 0.243 e. The Morgan fingerprint density at radius 3 is 3.06 bits per heavy atom. The summed E-state index contributed by atoms with van der Waals surface area (Å²) in [6, 6.07) is 0.277. The zero-order valence-electron chi connectivity index (χ0n) is 9.90. The van der Waals surface area contributed by atoms with Crippen molar-refractivity contribution >= 4 is 11.8 Å². The standard InChI is InChI=1S/C11H19N3OS/c1-8(2)16-7-10-13-11(15-14-10)9-5-3-4-6-12-9/h8-9,12H,3-7H2,1-2H3. The van der Waals surface area contributed by atoms with Crippen molar-refractivity contribution < 1.29 is 4.52 Å². The highest BCUT2D eigenvalue weighted by atomic mass is 32.2. The molecule has 0 saturated carbocycles. The number of thioether (sulfide) groups is 1. The van der Waals surface area contributed by atoms with Crippen molar-refractivity contribution in [1.82, 2.24) is 15.5 Å². The first-order valence-corrected chi connectivity index (χ1v) is 6.98. The number of aromatic nitrogens is 2. The van der Waals surface area contributed by atoms with Crippen LogP contribution in [0, 0.1) is 0 Å². The van der Waals surface area contributed by atoms with E-state index < -0.39 is 0 Å². The van der Waals surface area contributed by atoms with Gasteiger partial charge in [-0.05, 0) is 24.6 Å². The maximum atomic E-state index is 5.30. The highest BCUT2D eigenvalue weighted by Gasteiger charge is 2.20. The van der Waals surface area contributed by atoms with Crippen LogP contribution >= 0.6 is 11.8 Å². The van der Waals surface area contributed by atoms with Crippen molar-refractivity contribution in [3.8, 4) is 0 Å². The fourth-order valence-electron chi connectivity index (χ4n) is 1.77. The first-order valence-electron chi connectivity index (χ1n) is 5.93. The molecule has 0 radical (unpaired) electrons. The molecule has 1 unspecified atom stereocenters. The maximum absolute atomic E-state index is 5.30. The zero-order chi connectivity index (χ0) is 11.4. The average molecular weight is 241 g/mol. The van der Waals surface area contributed by atoms with Gasteiger partial charge >= 0.3 is 0 Å². The van der Waals surface area contributed by atoms with E-state index in [9.17, 15) is 0 Å². The molecular weight excluding hydrogens is 222 g/mol. The summed E-state index contributed by atoms with van der Waals surface area (Å²) in [6.07, 6.45) is 3.61. The molecule has 1 atom stereocenters. The van der Waals surface area contributed by atoms with Crippen LogP contribution in [0.3, 0.4) is 0 Å². The minimum absolute atomic E-state index is 0.277. The van der Waals surface area contributed by atoms with E-state index in [4.69, 9.17) is 4.52 Å². The predicted octanol–water partition coefficient (Wildman–Crippen LogP) is 2.53. The first-order chi connectivity index (χ1) is 7.75. The summed E-state index contributed by atoms with van der Waals surface area (Å²) in [4.78, 5) is 4.44.